The van der Waals surface area contributed by atoms with E-state index in [0.717, 1.165) is 4.57 Å². The number of benzene rings is 1. The molecule has 0 spiro atoms. The lowest BCUT2D eigenvalue weighted by Crippen LogP contribution is -2.32. The third-order valence-electron chi connectivity index (χ3n) is 3.89. The van der Waals surface area contributed by atoms with Gasteiger partial charge in [0, 0.05) is 25.6 Å². The lowest BCUT2D eigenvalue weighted by Gasteiger charge is -2.11. The fourth-order valence-corrected chi connectivity index (χ4v) is 2.51. The summed E-state index contributed by atoms with van der Waals surface area (Å²) in [6.45, 7) is 0. The molecule has 0 aliphatic carbocycles. The van der Waals surface area contributed by atoms with E-state index in [4.69, 9.17) is 0 Å². The number of rotatable bonds is 4. The van der Waals surface area contributed by atoms with Gasteiger partial charge in [0.15, 0.2) is 5.52 Å². The molecule has 1 aromatic carbocycles. The van der Waals surface area contributed by atoms with Crippen molar-refractivity contribution < 1.29 is 10.0 Å². The molecule has 0 bridgehead atoms. The van der Waals surface area contributed by atoms with Gasteiger partial charge in [0.2, 0.25) is 0 Å². The van der Waals surface area contributed by atoms with Gasteiger partial charge in [-0.25, -0.2) is 9.78 Å². The summed E-state index contributed by atoms with van der Waals surface area (Å²) in [5, 5.41) is 21.1. The second-order valence-corrected chi connectivity index (χ2v) is 5.60. The van der Waals surface area contributed by atoms with Crippen molar-refractivity contribution in [3.8, 4) is 0 Å². The molecule has 1 atom stereocenters. The maximum Gasteiger partial charge on any atom is 0.329 e. The van der Waals surface area contributed by atoms with Gasteiger partial charge in [0.25, 0.3) is 16.8 Å². The molecule has 0 saturated carbocycles. The van der Waals surface area contributed by atoms with Crippen LogP contribution in [0.4, 0.5) is 5.69 Å². The molecule has 11 nitrogen and oxygen atoms in total. The van der Waals surface area contributed by atoms with Crippen LogP contribution in [0.1, 0.15) is 17.4 Å². The van der Waals surface area contributed by atoms with Crippen LogP contribution < -0.4 is 16.8 Å². The summed E-state index contributed by atoms with van der Waals surface area (Å²) in [5.41, 5.74) is -2.47. The molecule has 134 valence electrons. The largest absolute Gasteiger partial charge is 0.388 e. The lowest BCUT2D eigenvalue weighted by molar-refractivity contribution is -0.385. The van der Waals surface area contributed by atoms with Crippen LogP contribution in [0.25, 0.3) is 11.2 Å². The minimum atomic E-state index is -1.24. The Morgan fingerprint density at radius 3 is 2.69 bits per heavy atom. The molecule has 1 unspecified atom stereocenters. The Morgan fingerprint density at radius 1 is 1.27 bits per heavy atom. The number of nitrogens with zero attached hydrogens (tertiary/aromatic N) is 3. The molecule has 0 aliphatic heterocycles. The van der Waals surface area contributed by atoms with Gasteiger partial charge in [-0.1, -0.05) is 12.1 Å². The van der Waals surface area contributed by atoms with E-state index in [1.807, 2.05) is 0 Å². The molecule has 2 heterocycles. The van der Waals surface area contributed by atoms with Crippen LogP contribution in [-0.4, -0.2) is 29.5 Å². The number of nitro groups is 1. The summed E-state index contributed by atoms with van der Waals surface area (Å²) in [7, 11) is 1.36. The van der Waals surface area contributed by atoms with Crippen LogP contribution in [-0.2, 0) is 13.5 Å². The third kappa shape index (κ3) is 3.02. The van der Waals surface area contributed by atoms with Crippen molar-refractivity contribution >= 4 is 16.9 Å². The molecule has 0 radical (unpaired) electrons. The summed E-state index contributed by atoms with van der Waals surface area (Å²) in [6, 6.07) is 5.35. The number of aliphatic hydroxyl groups excluding tert-OH is 1. The fourth-order valence-electron chi connectivity index (χ4n) is 2.51. The third-order valence-corrected chi connectivity index (χ3v) is 3.89. The molecule has 0 amide bonds. The highest BCUT2D eigenvalue weighted by Gasteiger charge is 2.17. The number of aromatic amines is 2. The smallest absolute Gasteiger partial charge is 0.329 e. The van der Waals surface area contributed by atoms with E-state index in [1.54, 1.807) is 0 Å². The molecule has 26 heavy (non-hydrogen) atoms. The van der Waals surface area contributed by atoms with Crippen molar-refractivity contribution in [3.05, 3.63) is 76.8 Å². The Kier molecular flexibility index (Phi) is 4.22. The standard InChI is InChI=1S/C15H13N5O6/c1-19-12-11(14(23)18-15(19)24)16-9(13(22)17-12)6-10(21)7-3-2-4-8(5-7)20(25)26/h2-5,10,21H,6H2,1H3,(H,17,22)(H,18,23,24). The van der Waals surface area contributed by atoms with Crippen molar-refractivity contribution in [2.75, 3.05) is 0 Å². The summed E-state index contributed by atoms with van der Waals surface area (Å²) in [4.78, 5) is 54.3. The van der Waals surface area contributed by atoms with E-state index in [9.17, 15) is 29.6 Å². The first-order chi connectivity index (χ1) is 12.3. The zero-order chi connectivity index (χ0) is 19.0. The average molecular weight is 359 g/mol. The van der Waals surface area contributed by atoms with Crippen LogP contribution >= 0.6 is 0 Å². The van der Waals surface area contributed by atoms with Crippen molar-refractivity contribution in [2.24, 2.45) is 7.05 Å². The first kappa shape index (κ1) is 17.2. The maximum absolute atomic E-state index is 12.2. The van der Waals surface area contributed by atoms with Gasteiger partial charge < -0.3 is 10.1 Å². The van der Waals surface area contributed by atoms with Gasteiger partial charge in [0.1, 0.15) is 11.3 Å². The summed E-state index contributed by atoms with van der Waals surface area (Å²) in [6.07, 6.45) is -1.51. The summed E-state index contributed by atoms with van der Waals surface area (Å²) >= 11 is 0. The number of aryl methyl sites for hydroxylation is 1. The van der Waals surface area contributed by atoms with Crippen molar-refractivity contribution in [1.82, 2.24) is 19.5 Å². The monoisotopic (exact) mass is 359 g/mol. The molecule has 11 heteroatoms. The van der Waals surface area contributed by atoms with Gasteiger partial charge in [-0.2, -0.15) is 0 Å². The molecule has 0 saturated heterocycles. The van der Waals surface area contributed by atoms with Crippen LogP contribution in [0.5, 0.6) is 0 Å². The predicted octanol–water partition coefficient (Wildman–Crippen LogP) is -0.506. The molecule has 3 N–H and O–H groups in total. The molecule has 2 aromatic heterocycles. The number of hydrogen-bond acceptors (Lipinski definition) is 7. The van der Waals surface area contributed by atoms with Gasteiger partial charge in [0.05, 0.1) is 11.0 Å². The molecule has 0 fully saturated rings. The second kappa shape index (κ2) is 6.37. The molecular weight excluding hydrogens is 346 g/mol. The Bertz CT molecular complexity index is 1190. The molecular formula is C15H13N5O6. The number of non-ortho nitro benzene ring substituents is 1. The SMILES string of the molecule is Cn1c(=O)[nH]c(=O)c2nc(CC(O)c3cccc([N+](=O)[O-])c3)c(=O)[nH]c21. The number of nitrogens with one attached hydrogen (secondary N) is 2. The number of aliphatic hydroxyl groups is 1. The maximum atomic E-state index is 12.2. The molecule has 3 rings (SSSR count). The topological polar surface area (TPSA) is 164 Å². The van der Waals surface area contributed by atoms with E-state index in [1.165, 1.54) is 31.3 Å². The Balaban J connectivity index is 2.04. The van der Waals surface area contributed by atoms with E-state index in [0.29, 0.717) is 0 Å². The predicted molar refractivity (Wildman–Crippen MR) is 90.0 cm³/mol. The fraction of sp³-hybridized carbons (Fsp3) is 0.200. The molecule has 3 aromatic rings. The minimum absolute atomic E-state index is 0.0441. The average Bonchev–Trinajstić information content (AvgIpc) is 2.61. The molecule has 0 aliphatic rings. The van der Waals surface area contributed by atoms with E-state index in [2.05, 4.69) is 15.0 Å². The summed E-state index contributed by atoms with van der Waals surface area (Å²) in [5.74, 6) is 0. The van der Waals surface area contributed by atoms with Gasteiger partial charge in [-0.15, -0.1) is 0 Å². The van der Waals surface area contributed by atoms with Gasteiger partial charge in [-0.3, -0.25) is 29.3 Å². The van der Waals surface area contributed by atoms with Gasteiger partial charge >= 0.3 is 5.69 Å². The van der Waals surface area contributed by atoms with E-state index < -0.39 is 27.8 Å². The first-order valence-electron chi connectivity index (χ1n) is 7.42. The van der Waals surface area contributed by atoms with Crippen LogP contribution in [0, 0.1) is 10.1 Å². The minimum Gasteiger partial charge on any atom is -0.388 e. The number of H-pyrrole nitrogens is 2. The van der Waals surface area contributed by atoms with E-state index in [-0.39, 0.29) is 34.5 Å². The van der Waals surface area contributed by atoms with Crippen molar-refractivity contribution in [3.63, 3.8) is 0 Å². The number of hydrogen-bond donors (Lipinski definition) is 3. The highest BCUT2D eigenvalue weighted by molar-refractivity contribution is 5.68. The highest BCUT2D eigenvalue weighted by atomic mass is 16.6. The van der Waals surface area contributed by atoms with Crippen LogP contribution in [0.3, 0.4) is 0 Å². The van der Waals surface area contributed by atoms with E-state index >= 15 is 0 Å². The van der Waals surface area contributed by atoms with Gasteiger partial charge in [-0.05, 0) is 5.56 Å². The normalized spacial score (nSPS) is 12.2. The highest BCUT2D eigenvalue weighted by Crippen LogP contribution is 2.21. The first-order valence-corrected chi connectivity index (χ1v) is 7.42. The quantitative estimate of drug-likeness (QED) is 0.417. The Hall–Kier alpha value is -3.60. The lowest BCUT2D eigenvalue weighted by atomic mass is 10.0. The Labute approximate surface area is 143 Å². The van der Waals surface area contributed by atoms with Crippen LogP contribution in [0.15, 0.2) is 38.6 Å². The summed E-state index contributed by atoms with van der Waals surface area (Å²) < 4.78 is 1.03. The van der Waals surface area contributed by atoms with Crippen molar-refractivity contribution in [2.45, 2.75) is 12.5 Å². The van der Waals surface area contributed by atoms with Crippen molar-refractivity contribution in [1.29, 1.82) is 0 Å². The zero-order valence-corrected chi connectivity index (χ0v) is 13.4. The number of nitro benzene ring substituents is 1. The van der Waals surface area contributed by atoms with Crippen LogP contribution in [0.2, 0.25) is 0 Å². The zero-order valence-electron chi connectivity index (χ0n) is 13.4. The number of fused-ring (bicyclic) bond motifs is 1. The second-order valence-electron chi connectivity index (χ2n) is 5.60. The number of aromatic nitrogens is 4. The Morgan fingerprint density at radius 2 is 2.00 bits per heavy atom.